The van der Waals surface area contributed by atoms with Gasteiger partial charge in [0, 0.05) is 6.00 Å². The minimum atomic E-state index is -4.33. The van der Waals surface area contributed by atoms with Gasteiger partial charge in [-0.15, -0.1) is 0 Å². The van der Waals surface area contributed by atoms with Crippen molar-refractivity contribution in [2.45, 2.75) is 136 Å². The van der Waals surface area contributed by atoms with Gasteiger partial charge in [-0.2, -0.15) is 0 Å². The number of rotatable bonds is 18. The molecule has 1 rings (SSSR count). The van der Waals surface area contributed by atoms with Gasteiger partial charge < -0.3 is 23.4 Å². The van der Waals surface area contributed by atoms with E-state index in [1.807, 2.05) is 13.8 Å². The molecule has 31 heavy (non-hydrogen) atoms. The molecule has 0 saturated carbocycles. The Balaban J connectivity index is 2.46. The minimum absolute atomic E-state index is 0.0286. The number of phosphoric acid groups is 1. The molecule has 1 saturated heterocycles. The van der Waals surface area contributed by atoms with Crippen LogP contribution in [-0.4, -0.2) is 44.3 Å². The summed E-state index contributed by atoms with van der Waals surface area (Å²) in [6.45, 7) is 11.7. The fraction of sp³-hybridized carbons (Fsp3) is 1.00. The summed E-state index contributed by atoms with van der Waals surface area (Å²) in [4.78, 5) is 11.9. The first-order valence-corrected chi connectivity index (χ1v) is 13.9. The molecule has 1 heterocycles. The van der Waals surface area contributed by atoms with Crippen molar-refractivity contribution in [3.8, 4) is 0 Å². The lowest BCUT2D eigenvalue weighted by atomic mass is 9.65. The van der Waals surface area contributed by atoms with E-state index in [0.717, 1.165) is 18.7 Å². The Hall–Kier alpha value is 0.0949. The molecule has 0 bridgehead atoms. The van der Waals surface area contributed by atoms with Gasteiger partial charge in [0.2, 0.25) is 0 Å². The maximum absolute atomic E-state index is 11.9. The van der Waals surface area contributed by atoms with Gasteiger partial charge in [-0.1, -0.05) is 71.5 Å². The Morgan fingerprint density at radius 2 is 1.65 bits per heavy atom. The Labute approximate surface area is 192 Å². The largest absolute Gasteiger partial charge is 0.756 e. The second-order valence-corrected chi connectivity index (χ2v) is 10.7. The van der Waals surface area contributed by atoms with Crippen molar-refractivity contribution in [2.75, 3.05) is 6.61 Å². The number of hydrogen-bond donors (Lipinski definition) is 0. The van der Waals surface area contributed by atoms with E-state index < -0.39 is 20.0 Å². The maximum Gasteiger partial charge on any atom is 0.268 e. The van der Waals surface area contributed by atoms with E-state index in [0.29, 0.717) is 0 Å². The van der Waals surface area contributed by atoms with Gasteiger partial charge in [-0.05, 0) is 40.0 Å². The van der Waals surface area contributed by atoms with E-state index in [-0.39, 0.29) is 24.8 Å². The molecule has 1 aliphatic heterocycles. The average molecular weight is 460 g/mol. The van der Waals surface area contributed by atoms with Crippen LogP contribution in [0, 0.1) is 5.92 Å². The summed E-state index contributed by atoms with van der Waals surface area (Å²) < 4.78 is 33.9. The lowest BCUT2D eigenvalue weighted by Crippen LogP contribution is -2.31. The molecule has 0 spiro atoms. The summed E-state index contributed by atoms with van der Waals surface area (Å²) >= 11 is 0. The van der Waals surface area contributed by atoms with Crippen molar-refractivity contribution in [2.24, 2.45) is 5.92 Å². The summed E-state index contributed by atoms with van der Waals surface area (Å²) in [7, 11) is -2.10. The highest BCUT2D eigenvalue weighted by molar-refractivity contribution is 7.45. The summed E-state index contributed by atoms with van der Waals surface area (Å²) in [5.74, 6) is 0.836. The van der Waals surface area contributed by atoms with Gasteiger partial charge >= 0.3 is 0 Å². The lowest BCUT2D eigenvalue weighted by Gasteiger charge is -2.28. The van der Waals surface area contributed by atoms with Crippen LogP contribution in [0.3, 0.4) is 0 Å². The van der Waals surface area contributed by atoms with Gasteiger partial charge in [0.05, 0.1) is 24.9 Å². The molecule has 6 nitrogen and oxygen atoms in total. The van der Waals surface area contributed by atoms with Crippen LogP contribution < -0.4 is 4.89 Å². The topological polar surface area (TPSA) is 77.1 Å². The SMILES string of the molecule is CCCCC(CCCC)CCC[B][C@H]1C[C@H](OC(C)C)[C@@H](COP(=O)([O-])OC(C)C)O1. The molecule has 1 fully saturated rings. The van der Waals surface area contributed by atoms with E-state index in [4.69, 9.17) is 18.5 Å². The van der Waals surface area contributed by atoms with Crippen LogP contribution in [0.4, 0.5) is 0 Å². The van der Waals surface area contributed by atoms with Crippen LogP contribution in [0.5, 0.6) is 0 Å². The first-order chi connectivity index (χ1) is 14.7. The molecule has 0 amide bonds. The summed E-state index contributed by atoms with van der Waals surface area (Å²) in [5, 5.41) is 0. The highest BCUT2D eigenvalue weighted by atomic mass is 31.2. The molecule has 1 aliphatic rings. The van der Waals surface area contributed by atoms with Crippen LogP contribution >= 0.6 is 7.82 Å². The highest BCUT2D eigenvalue weighted by Gasteiger charge is 2.37. The fourth-order valence-electron chi connectivity index (χ4n) is 4.12. The third kappa shape index (κ3) is 13.4. The predicted octanol–water partition coefficient (Wildman–Crippen LogP) is 5.70. The van der Waals surface area contributed by atoms with E-state index in [1.165, 1.54) is 51.4 Å². The zero-order chi connectivity index (χ0) is 23.3. The first-order valence-electron chi connectivity index (χ1n) is 12.4. The molecule has 0 aliphatic carbocycles. The quantitative estimate of drug-likeness (QED) is 0.148. The van der Waals surface area contributed by atoms with Gasteiger partial charge in [0.25, 0.3) is 7.82 Å². The standard InChI is InChI=1S/C23H47BO6P/c1-7-9-12-20(13-10-8-2)14-11-15-24-23-16-21(28-18(3)4)22(29-23)17-27-31(25,26)30-19(5)6/h18-23H,7-17H2,1-6H3,(H,25,26)/p-1/t21-,22+,23+/m0/s1. The summed E-state index contributed by atoms with van der Waals surface area (Å²) in [6.07, 6.45) is 11.1. The van der Waals surface area contributed by atoms with Gasteiger partial charge in [0.15, 0.2) is 0 Å². The Morgan fingerprint density at radius 3 is 2.19 bits per heavy atom. The van der Waals surface area contributed by atoms with Gasteiger partial charge in [0.1, 0.15) is 13.4 Å². The molecule has 0 aromatic heterocycles. The maximum atomic E-state index is 11.9. The van der Waals surface area contributed by atoms with E-state index in [9.17, 15) is 9.46 Å². The molecule has 8 heteroatoms. The smallest absolute Gasteiger partial charge is 0.268 e. The van der Waals surface area contributed by atoms with Crippen LogP contribution in [0.2, 0.25) is 6.32 Å². The van der Waals surface area contributed by atoms with Crippen molar-refractivity contribution < 1.29 is 28.0 Å². The predicted molar refractivity (Wildman–Crippen MR) is 125 cm³/mol. The first kappa shape index (κ1) is 29.1. The fourth-order valence-corrected chi connectivity index (χ4v) is 5.03. The minimum Gasteiger partial charge on any atom is -0.756 e. The highest BCUT2D eigenvalue weighted by Crippen LogP contribution is 2.41. The molecule has 183 valence electrons. The van der Waals surface area contributed by atoms with Crippen LogP contribution in [0.1, 0.15) is 99.3 Å². The summed E-state index contributed by atoms with van der Waals surface area (Å²) in [6, 6.07) is -0.0286. The number of phosphoric ester groups is 1. The molecular weight excluding hydrogens is 414 g/mol. The normalized spacial score (nSPS) is 23.7. The molecule has 0 aromatic carbocycles. The Morgan fingerprint density at radius 1 is 1.03 bits per heavy atom. The van der Waals surface area contributed by atoms with Crippen LogP contribution in [-0.2, 0) is 23.1 Å². The van der Waals surface area contributed by atoms with Crippen molar-refractivity contribution in [3.63, 3.8) is 0 Å². The lowest BCUT2D eigenvalue weighted by molar-refractivity contribution is -0.231. The van der Waals surface area contributed by atoms with Crippen LogP contribution in [0.25, 0.3) is 0 Å². The molecule has 0 aromatic rings. The zero-order valence-electron chi connectivity index (χ0n) is 20.7. The number of hydrogen-bond acceptors (Lipinski definition) is 6. The second-order valence-electron chi connectivity index (χ2n) is 9.39. The van der Waals surface area contributed by atoms with Crippen molar-refractivity contribution in [1.82, 2.24) is 0 Å². The summed E-state index contributed by atoms with van der Waals surface area (Å²) in [5.41, 5.74) is 0. The molecule has 4 atom stereocenters. The monoisotopic (exact) mass is 460 g/mol. The number of unbranched alkanes of at least 4 members (excludes halogenated alkanes) is 2. The Kier molecular flexibility index (Phi) is 14.9. The average Bonchev–Trinajstić information content (AvgIpc) is 3.05. The van der Waals surface area contributed by atoms with Crippen molar-refractivity contribution >= 4 is 15.1 Å². The van der Waals surface area contributed by atoms with Gasteiger partial charge in [-0.25, -0.2) is 0 Å². The van der Waals surface area contributed by atoms with Crippen molar-refractivity contribution in [1.29, 1.82) is 0 Å². The van der Waals surface area contributed by atoms with Gasteiger partial charge in [-0.3, -0.25) is 4.57 Å². The second kappa shape index (κ2) is 15.8. The molecule has 0 N–H and O–H groups in total. The van der Waals surface area contributed by atoms with Crippen LogP contribution in [0.15, 0.2) is 0 Å². The molecule has 1 unspecified atom stereocenters. The molecular formula is C23H46BO6P-. The third-order valence-corrected chi connectivity index (χ3v) is 6.74. The number of ether oxygens (including phenoxy) is 2. The Bertz CT molecular complexity index is 496. The van der Waals surface area contributed by atoms with E-state index >= 15 is 0 Å². The van der Waals surface area contributed by atoms with E-state index in [2.05, 4.69) is 21.1 Å². The molecule has 1 radical (unpaired) electrons. The zero-order valence-corrected chi connectivity index (χ0v) is 21.6. The van der Waals surface area contributed by atoms with E-state index in [1.54, 1.807) is 13.8 Å². The van der Waals surface area contributed by atoms with Crippen molar-refractivity contribution in [3.05, 3.63) is 0 Å². The third-order valence-electron chi connectivity index (χ3n) is 5.59.